The van der Waals surface area contributed by atoms with Gasteiger partial charge in [-0.05, 0) is 49.4 Å². The average Bonchev–Trinajstić information content (AvgIpc) is 2.63. The van der Waals surface area contributed by atoms with Gasteiger partial charge in [-0.3, -0.25) is 0 Å². The Morgan fingerprint density at radius 3 is 2.30 bits per heavy atom. The van der Waals surface area contributed by atoms with Gasteiger partial charge in [0.25, 0.3) is 0 Å². The summed E-state index contributed by atoms with van der Waals surface area (Å²) in [6.45, 7) is 3.15. The topological polar surface area (TPSA) is 12.0 Å². The Kier molecular flexibility index (Phi) is 6.34. The lowest BCUT2D eigenvalue weighted by Crippen LogP contribution is -2.20. The molecule has 0 aliphatic carbocycles. The Morgan fingerprint density at radius 2 is 1.75 bits per heavy atom. The summed E-state index contributed by atoms with van der Waals surface area (Å²) in [6, 6.07) is 5.76. The van der Waals surface area contributed by atoms with Crippen LogP contribution in [0.4, 0.5) is 13.2 Å². The molecule has 1 saturated heterocycles. The molecule has 1 aromatic carbocycles. The lowest BCUT2D eigenvalue weighted by molar-refractivity contribution is -0.137. The van der Waals surface area contributed by atoms with Gasteiger partial charge in [-0.2, -0.15) is 13.2 Å². The maximum Gasteiger partial charge on any atom is 0.416 e. The summed E-state index contributed by atoms with van der Waals surface area (Å²) in [5.74, 6) is 0.743. The first-order valence-electron chi connectivity index (χ1n) is 6.91. The normalized spacial score (nSPS) is 23.8. The third kappa shape index (κ3) is 4.38. The Hall–Kier alpha value is -0.740. The summed E-state index contributed by atoms with van der Waals surface area (Å²) in [6.07, 6.45) is 0.247. The van der Waals surface area contributed by atoms with Crippen molar-refractivity contribution in [1.29, 1.82) is 0 Å². The van der Waals surface area contributed by atoms with Crippen LogP contribution < -0.4 is 5.32 Å². The summed E-state index contributed by atoms with van der Waals surface area (Å²) < 4.78 is 37.5. The quantitative estimate of drug-likeness (QED) is 0.813. The van der Waals surface area contributed by atoms with Gasteiger partial charge in [-0.25, -0.2) is 0 Å². The molecule has 1 aliphatic heterocycles. The molecule has 1 nitrogen and oxygen atoms in total. The van der Waals surface area contributed by atoms with Crippen molar-refractivity contribution in [3.05, 3.63) is 35.4 Å². The van der Waals surface area contributed by atoms with Crippen molar-refractivity contribution in [2.45, 2.75) is 44.8 Å². The molecule has 2 unspecified atom stereocenters. The van der Waals surface area contributed by atoms with Crippen molar-refractivity contribution in [2.24, 2.45) is 5.92 Å². The van der Waals surface area contributed by atoms with E-state index in [4.69, 9.17) is 0 Å². The molecule has 0 saturated carbocycles. The van der Waals surface area contributed by atoms with Crippen LogP contribution in [0.1, 0.15) is 49.8 Å². The SMILES string of the molecule is CCC1CCNC(c2ccc(C(F)(F)F)cc2)CC1.Cl. The molecule has 1 N–H and O–H groups in total. The number of rotatable bonds is 2. The van der Waals surface area contributed by atoms with Gasteiger partial charge >= 0.3 is 6.18 Å². The zero-order valence-electron chi connectivity index (χ0n) is 11.5. The minimum Gasteiger partial charge on any atom is -0.310 e. The maximum absolute atomic E-state index is 12.5. The molecule has 0 radical (unpaired) electrons. The van der Waals surface area contributed by atoms with E-state index in [0.717, 1.165) is 37.3 Å². The number of hydrogen-bond acceptors (Lipinski definition) is 1. The van der Waals surface area contributed by atoms with Gasteiger partial charge < -0.3 is 5.32 Å². The summed E-state index contributed by atoms with van der Waals surface area (Å²) in [5.41, 5.74) is 0.390. The number of hydrogen-bond donors (Lipinski definition) is 1. The monoisotopic (exact) mass is 307 g/mol. The van der Waals surface area contributed by atoms with E-state index in [1.165, 1.54) is 18.6 Å². The number of alkyl halides is 3. The lowest BCUT2D eigenvalue weighted by Gasteiger charge is -2.17. The summed E-state index contributed by atoms with van der Waals surface area (Å²) in [4.78, 5) is 0. The molecule has 5 heteroatoms. The lowest BCUT2D eigenvalue weighted by atomic mass is 9.94. The van der Waals surface area contributed by atoms with E-state index in [-0.39, 0.29) is 18.4 Å². The van der Waals surface area contributed by atoms with E-state index in [2.05, 4.69) is 12.2 Å². The van der Waals surface area contributed by atoms with Gasteiger partial charge in [0.15, 0.2) is 0 Å². The molecule has 0 aromatic heterocycles. The number of halogens is 4. The standard InChI is InChI=1S/C15H20F3N.ClH/c1-2-11-3-8-14(19-10-9-11)12-4-6-13(7-5-12)15(16,17)18;/h4-7,11,14,19H,2-3,8-10H2,1H3;1H. The van der Waals surface area contributed by atoms with Crippen LogP contribution >= 0.6 is 12.4 Å². The molecule has 0 bridgehead atoms. The van der Waals surface area contributed by atoms with Crippen molar-refractivity contribution < 1.29 is 13.2 Å². The predicted octanol–water partition coefficient (Wildman–Crippen LogP) is 4.97. The fraction of sp³-hybridized carbons (Fsp3) is 0.600. The highest BCUT2D eigenvalue weighted by atomic mass is 35.5. The van der Waals surface area contributed by atoms with E-state index in [9.17, 15) is 13.2 Å². The fourth-order valence-electron chi connectivity index (χ4n) is 2.71. The van der Waals surface area contributed by atoms with Crippen LogP contribution in [0.15, 0.2) is 24.3 Å². The van der Waals surface area contributed by atoms with Crippen LogP contribution in [0.3, 0.4) is 0 Å². The molecule has 1 fully saturated rings. The highest BCUT2D eigenvalue weighted by Gasteiger charge is 2.30. The van der Waals surface area contributed by atoms with Crippen molar-refractivity contribution >= 4 is 12.4 Å². The molecular formula is C15H21ClF3N. The van der Waals surface area contributed by atoms with Gasteiger partial charge in [0.1, 0.15) is 0 Å². The molecule has 2 atom stereocenters. The van der Waals surface area contributed by atoms with E-state index in [0.29, 0.717) is 0 Å². The second-order valence-corrected chi connectivity index (χ2v) is 5.27. The van der Waals surface area contributed by atoms with Gasteiger partial charge in [-0.1, -0.05) is 25.5 Å². The molecule has 0 amide bonds. The molecule has 20 heavy (non-hydrogen) atoms. The summed E-state index contributed by atoms with van der Waals surface area (Å²) >= 11 is 0. The molecule has 2 rings (SSSR count). The van der Waals surface area contributed by atoms with Crippen molar-refractivity contribution in [3.63, 3.8) is 0 Å². The molecule has 1 aromatic rings. The van der Waals surface area contributed by atoms with Crippen LogP contribution in [0.5, 0.6) is 0 Å². The Morgan fingerprint density at radius 1 is 1.10 bits per heavy atom. The van der Waals surface area contributed by atoms with Crippen molar-refractivity contribution in [2.75, 3.05) is 6.54 Å². The summed E-state index contributed by atoms with van der Waals surface area (Å²) in [7, 11) is 0. The molecular weight excluding hydrogens is 287 g/mol. The number of nitrogens with one attached hydrogen (secondary N) is 1. The highest BCUT2D eigenvalue weighted by molar-refractivity contribution is 5.85. The van der Waals surface area contributed by atoms with E-state index in [1.807, 2.05) is 0 Å². The highest BCUT2D eigenvalue weighted by Crippen LogP contribution is 2.32. The molecule has 0 spiro atoms. The fourth-order valence-corrected chi connectivity index (χ4v) is 2.71. The van der Waals surface area contributed by atoms with E-state index >= 15 is 0 Å². The smallest absolute Gasteiger partial charge is 0.310 e. The zero-order valence-corrected chi connectivity index (χ0v) is 12.4. The van der Waals surface area contributed by atoms with Gasteiger partial charge in [0.05, 0.1) is 5.56 Å². The Bertz CT molecular complexity index is 403. The Balaban J connectivity index is 0.00000200. The van der Waals surface area contributed by atoms with Crippen LogP contribution in [-0.4, -0.2) is 6.54 Å². The predicted molar refractivity (Wildman–Crippen MR) is 77.1 cm³/mol. The third-order valence-corrected chi connectivity index (χ3v) is 4.02. The second-order valence-electron chi connectivity index (χ2n) is 5.27. The average molecular weight is 308 g/mol. The van der Waals surface area contributed by atoms with Crippen molar-refractivity contribution in [1.82, 2.24) is 5.32 Å². The van der Waals surface area contributed by atoms with Gasteiger partial charge in [0.2, 0.25) is 0 Å². The molecule has 114 valence electrons. The molecule has 1 aliphatic rings. The Labute approximate surface area is 124 Å². The molecule has 1 heterocycles. The van der Waals surface area contributed by atoms with Crippen LogP contribution in [0.2, 0.25) is 0 Å². The van der Waals surface area contributed by atoms with E-state index < -0.39 is 11.7 Å². The van der Waals surface area contributed by atoms with Crippen molar-refractivity contribution in [3.8, 4) is 0 Å². The number of benzene rings is 1. The maximum atomic E-state index is 12.5. The first-order chi connectivity index (χ1) is 9.00. The van der Waals surface area contributed by atoms with Crippen LogP contribution in [0.25, 0.3) is 0 Å². The van der Waals surface area contributed by atoms with E-state index in [1.54, 1.807) is 12.1 Å². The van der Waals surface area contributed by atoms with Gasteiger partial charge in [-0.15, -0.1) is 12.4 Å². The van der Waals surface area contributed by atoms with Crippen LogP contribution in [-0.2, 0) is 6.18 Å². The first-order valence-corrected chi connectivity index (χ1v) is 6.91. The summed E-state index contributed by atoms with van der Waals surface area (Å²) in [5, 5.41) is 3.44. The minimum absolute atomic E-state index is 0. The zero-order chi connectivity index (χ0) is 13.9. The largest absolute Gasteiger partial charge is 0.416 e. The second kappa shape index (κ2) is 7.32. The minimum atomic E-state index is -4.25. The third-order valence-electron chi connectivity index (χ3n) is 4.02. The van der Waals surface area contributed by atoms with Gasteiger partial charge in [0, 0.05) is 6.04 Å². The first kappa shape index (κ1) is 17.3. The van der Waals surface area contributed by atoms with Crippen LogP contribution in [0, 0.1) is 5.92 Å².